The predicted octanol–water partition coefficient (Wildman–Crippen LogP) is 12.7. The molecule has 1 saturated heterocycles. The van der Waals surface area contributed by atoms with E-state index in [0.717, 1.165) is 5.92 Å². The van der Waals surface area contributed by atoms with E-state index in [9.17, 15) is 0 Å². The minimum absolute atomic E-state index is 0.969. The zero-order valence-electron chi connectivity index (χ0n) is 23.9. The minimum atomic E-state index is 0.969. The van der Waals surface area contributed by atoms with Gasteiger partial charge >= 0.3 is 0 Å². The van der Waals surface area contributed by atoms with E-state index in [1.54, 1.807) is 0 Å². The summed E-state index contributed by atoms with van der Waals surface area (Å²) in [5, 5.41) is 0. The van der Waals surface area contributed by atoms with E-state index in [4.69, 9.17) is 0 Å². The van der Waals surface area contributed by atoms with Crippen LogP contribution in [0, 0.1) is 5.92 Å². The van der Waals surface area contributed by atoms with Gasteiger partial charge in [-0.1, -0.05) is 180 Å². The van der Waals surface area contributed by atoms with Crippen molar-refractivity contribution in [2.75, 3.05) is 11.5 Å². The summed E-state index contributed by atoms with van der Waals surface area (Å²) in [7, 11) is 0. The normalized spacial score (nSPS) is 25.9. The topological polar surface area (TPSA) is 0 Å². The van der Waals surface area contributed by atoms with Gasteiger partial charge in [0.2, 0.25) is 0 Å². The third kappa shape index (κ3) is 25.4. The highest BCUT2D eigenvalue weighted by atomic mass is 32.2. The molecule has 0 radical (unpaired) electrons. The van der Waals surface area contributed by atoms with Gasteiger partial charge in [-0.25, -0.2) is 0 Å². The number of rotatable bonds is 0. The summed E-state index contributed by atoms with van der Waals surface area (Å²) in [5.74, 6) is 3.80. The summed E-state index contributed by atoms with van der Waals surface area (Å²) in [5.41, 5.74) is 0. The average molecular weight is 495 g/mol. The molecule has 0 amide bonds. The van der Waals surface area contributed by atoms with Crippen LogP contribution in [0.15, 0.2) is 0 Å². The van der Waals surface area contributed by atoms with Crippen LogP contribution in [0.25, 0.3) is 0 Å². The summed E-state index contributed by atoms with van der Waals surface area (Å²) in [6.45, 7) is 2.51. The van der Waals surface area contributed by atoms with Crippen molar-refractivity contribution in [2.45, 2.75) is 193 Å². The Balaban J connectivity index is 2.05. The van der Waals surface area contributed by atoms with Crippen LogP contribution in [-0.4, -0.2) is 11.5 Å². The highest BCUT2D eigenvalue weighted by molar-refractivity contribution is 7.99. The van der Waals surface area contributed by atoms with Gasteiger partial charge in [-0.2, -0.15) is 11.8 Å². The van der Waals surface area contributed by atoms with Crippen LogP contribution in [0.1, 0.15) is 193 Å². The highest BCUT2D eigenvalue weighted by Gasteiger charge is 2.02. The lowest BCUT2D eigenvalue weighted by Gasteiger charge is -2.11. The molecule has 0 nitrogen and oxygen atoms in total. The lowest BCUT2D eigenvalue weighted by Crippen LogP contribution is -1.95. The molecule has 0 saturated carbocycles. The second kappa shape index (κ2) is 27.9. The van der Waals surface area contributed by atoms with Gasteiger partial charge in [-0.05, 0) is 30.3 Å². The van der Waals surface area contributed by atoms with E-state index in [1.165, 1.54) is 198 Å². The maximum atomic E-state index is 2.51. The monoisotopic (exact) mass is 494 g/mol. The van der Waals surface area contributed by atoms with Gasteiger partial charge in [0.25, 0.3) is 0 Å². The highest BCUT2D eigenvalue weighted by Crippen LogP contribution is 2.20. The fourth-order valence-electron chi connectivity index (χ4n) is 5.71. The van der Waals surface area contributed by atoms with Gasteiger partial charge in [0.05, 0.1) is 0 Å². The molecule has 0 aliphatic carbocycles. The molecular formula is C33H66S. The van der Waals surface area contributed by atoms with Gasteiger partial charge in [0, 0.05) is 0 Å². The maximum absolute atomic E-state index is 2.51. The van der Waals surface area contributed by atoms with Gasteiger partial charge in [-0.15, -0.1) is 0 Å². The van der Waals surface area contributed by atoms with E-state index in [1.807, 2.05) is 0 Å². The molecule has 1 atom stereocenters. The van der Waals surface area contributed by atoms with E-state index in [-0.39, 0.29) is 0 Å². The Morgan fingerprint density at radius 1 is 0.294 bits per heavy atom. The molecule has 0 bridgehead atoms. The molecule has 204 valence electrons. The fourth-order valence-corrected chi connectivity index (χ4v) is 6.73. The van der Waals surface area contributed by atoms with Crippen LogP contribution in [0.5, 0.6) is 0 Å². The zero-order chi connectivity index (χ0) is 24.2. The molecule has 0 aromatic heterocycles. The van der Waals surface area contributed by atoms with Crippen LogP contribution in [0.4, 0.5) is 0 Å². The van der Waals surface area contributed by atoms with Crippen molar-refractivity contribution < 1.29 is 0 Å². The Kier molecular flexibility index (Phi) is 26.6. The molecule has 0 unspecified atom stereocenters. The first-order valence-electron chi connectivity index (χ1n) is 16.5. The van der Waals surface area contributed by atoms with Gasteiger partial charge in [0.1, 0.15) is 0 Å². The summed E-state index contributed by atoms with van der Waals surface area (Å²) in [6, 6.07) is 0. The molecule has 1 aliphatic heterocycles. The Bertz CT molecular complexity index is 332. The first kappa shape index (κ1) is 32.4. The van der Waals surface area contributed by atoms with Gasteiger partial charge in [-0.3, -0.25) is 0 Å². The van der Waals surface area contributed by atoms with Crippen LogP contribution >= 0.6 is 11.8 Å². The number of hydrogen-bond donors (Lipinski definition) is 0. The minimum Gasteiger partial charge on any atom is -0.162 e. The Hall–Kier alpha value is 0.350. The summed E-state index contributed by atoms with van der Waals surface area (Å²) < 4.78 is 0. The summed E-state index contributed by atoms with van der Waals surface area (Å²) in [6.07, 6.45) is 43.1. The predicted molar refractivity (Wildman–Crippen MR) is 160 cm³/mol. The average Bonchev–Trinajstić information content (AvgIpc) is 2.84. The van der Waals surface area contributed by atoms with Crippen molar-refractivity contribution in [3.05, 3.63) is 0 Å². The van der Waals surface area contributed by atoms with Crippen molar-refractivity contribution >= 4 is 11.8 Å². The van der Waals surface area contributed by atoms with Gasteiger partial charge in [0.15, 0.2) is 0 Å². The summed E-state index contributed by atoms with van der Waals surface area (Å²) >= 11 is 2.23. The molecule has 1 rings (SSSR count). The molecule has 34 heavy (non-hydrogen) atoms. The third-order valence-corrected chi connectivity index (χ3v) is 9.38. The Morgan fingerprint density at radius 3 is 0.765 bits per heavy atom. The van der Waals surface area contributed by atoms with Crippen LogP contribution in [-0.2, 0) is 0 Å². The lowest BCUT2D eigenvalue weighted by atomic mass is 9.95. The Labute approximate surface area is 222 Å². The van der Waals surface area contributed by atoms with Crippen LogP contribution in [0.3, 0.4) is 0 Å². The molecule has 1 heteroatoms. The van der Waals surface area contributed by atoms with E-state index >= 15 is 0 Å². The standard InChI is InChI=1S/C33H66S/c1-33-29-25-21-17-13-9-6-4-2-3-5-7-11-15-19-23-27-31-34-32-28-24-20-16-12-8-10-14-18-22-26-30-33/h33H,2-32H2,1H3/t33-/m0/s1. The lowest BCUT2D eigenvalue weighted by molar-refractivity contribution is 0.429. The second-order valence-corrected chi connectivity index (χ2v) is 13.1. The maximum Gasteiger partial charge on any atom is -0.00675 e. The summed E-state index contributed by atoms with van der Waals surface area (Å²) in [4.78, 5) is 0. The SMILES string of the molecule is C[C@H]1CCCCCCCCCCCCCCCCCCSCCCCCCCCCCCCC1. The number of thioether (sulfide) groups is 1. The van der Waals surface area contributed by atoms with Crippen LogP contribution in [0.2, 0.25) is 0 Å². The molecule has 0 aromatic rings. The molecule has 1 aliphatic rings. The van der Waals surface area contributed by atoms with Crippen molar-refractivity contribution in [2.24, 2.45) is 5.92 Å². The van der Waals surface area contributed by atoms with Crippen molar-refractivity contribution in [3.63, 3.8) is 0 Å². The molecule has 1 heterocycles. The largest absolute Gasteiger partial charge is 0.162 e. The van der Waals surface area contributed by atoms with Crippen molar-refractivity contribution in [1.82, 2.24) is 0 Å². The second-order valence-electron chi connectivity index (χ2n) is 11.8. The molecular weight excluding hydrogens is 428 g/mol. The molecule has 0 aromatic carbocycles. The Morgan fingerprint density at radius 2 is 0.500 bits per heavy atom. The quantitative estimate of drug-likeness (QED) is 0.322. The van der Waals surface area contributed by atoms with Crippen molar-refractivity contribution in [1.29, 1.82) is 0 Å². The third-order valence-electron chi connectivity index (χ3n) is 8.22. The van der Waals surface area contributed by atoms with Crippen molar-refractivity contribution in [3.8, 4) is 0 Å². The van der Waals surface area contributed by atoms with E-state index in [2.05, 4.69) is 18.7 Å². The first-order valence-corrected chi connectivity index (χ1v) is 17.6. The molecule has 0 spiro atoms. The smallest absolute Gasteiger partial charge is 0.00675 e. The zero-order valence-corrected chi connectivity index (χ0v) is 24.7. The van der Waals surface area contributed by atoms with Gasteiger partial charge < -0.3 is 0 Å². The fraction of sp³-hybridized carbons (Fsp3) is 1.00. The first-order chi connectivity index (χ1) is 16.9. The van der Waals surface area contributed by atoms with E-state index in [0.29, 0.717) is 0 Å². The van der Waals surface area contributed by atoms with Crippen LogP contribution < -0.4 is 0 Å². The number of hydrogen-bond acceptors (Lipinski definition) is 1. The molecule has 1 fully saturated rings. The molecule has 0 N–H and O–H groups in total. The van der Waals surface area contributed by atoms with E-state index < -0.39 is 0 Å².